The van der Waals surface area contributed by atoms with E-state index in [0.717, 1.165) is 12.8 Å². The SMILES string of the molecule is CCCCCC/C=C\CCCCCCCCCCCC(=O)OC. The highest BCUT2D eigenvalue weighted by molar-refractivity contribution is 5.68. The third-order valence-corrected chi connectivity index (χ3v) is 4.37. The van der Waals surface area contributed by atoms with E-state index >= 15 is 0 Å². The van der Waals surface area contributed by atoms with E-state index in [9.17, 15) is 4.79 Å². The molecular weight excluding hydrogens is 284 g/mol. The van der Waals surface area contributed by atoms with E-state index in [1.807, 2.05) is 0 Å². The Morgan fingerprint density at radius 3 is 1.61 bits per heavy atom. The molecule has 0 fully saturated rings. The molecule has 2 heteroatoms. The molecule has 0 saturated heterocycles. The Labute approximate surface area is 145 Å². The Balaban J connectivity index is 3.07. The second-order valence-electron chi connectivity index (χ2n) is 6.62. The Bertz CT molecular complexity index is 271. The summed E-state index contributed by atoms with van der Waals surface area (Å²) in [6, 6.07) is 0. The number of hydrogen-bond donors (Lipinski definition) is 0. The summed E-state index contributed by atoms with van der Waals surface area (Å²) in [5.41, 5.74) is 0. The van der Waals surface area contributed by atoms with Crippen LogP contribution in [0.3, 0.4) is 0 Å². The van der Waals surface area contributed by atoms with Gasteiger partial charge in [0.1, 0.15) is 0 Å². The largest absolute Gasteiger partial charge is 0.469 e. The van der Waals surface area contributed by atoms with E-state index in [1.54, 1.807) is 0 Å². The van der Waals surface area contributed by atoms with Crippen molar-refractivity contribution < 1.29 is 9.53 Å². The van der Waals surface area contributed by atoms with Crippen LogP contribution in [0.15, 0.2) is 12.2 Å². The summed E-state index contributed by atoms with van der Waals surface area (Å²) in [6.07, 6.45) is 24.9. The zero-order valence-corrected chi connectivity index (χ0v) is 15.8. The minimum Gasteiger partial charge on any atom is -0.469 e. The lowest BCUT2D eigenvalue weighted by atomic mass is 10.1. The molecule has 0 aromatic heterocycles. The first kappa shape index (κ1) is 22.2. The molecule has 0 amide bonds. The second kappa shape index (κ2) is 19.3. The molecule has 136 valence electrons. The molecule has 0 spiro atoms. The highest BCUT2D eigenvalue weighted by Gasteiger charge is 1.99. The van der Waals surface area contributed by atoms with Crippen molar-refractivity contribution in [1.29, 1.82) is 0 Å². The lowest BCUT2D eigenvalue weighted by Crippen LogP contribution is -1.99. The van der Waals surface area contributed by atoms with Gasteiger partial charge in [-0.2, -0.15) is 0 Å². The molecule has 0 aliphatic carbocycles. The summed E-state index contributed by atoms with van der Waals surface area (Å²) in [6.45, 7) is 2.26. The molecule has 0 N–H and O–H groups in total. The van der Waals surface area contributed by atoms with Crippen LogP contribution in [-0.4, -0.2) is 13.1 Å². The van der Waals surface area contributed by atoms with Crippen LogP contribution in [0, 0.1) is 0 Å². The highest BCUT2D eigenvalue weighted by Crippen LogP contribution is 2.12. The minimum absolute atomic E-state index is 0.0694. The summed E-state index contributed by atoms with van der Waals surface area (Å²) < 4.78 is 4.64. The van der Waals surface area contributed by atoms with E-state index in [-0.39, 0.29) is 5.97 Å². The fourth-order valence-corrected chi connectivity index (χ4v) is 2.80. The number of hydrogen-bond acceptors (Lipinski definition) is 2. The topological polar surface area (TPSA) is 26.3 Å². The fraction of sp³-hybridized carbons (Fsp3) is 0.857. The first-order valence-electron chi connectivity index (χ1n) is 10.0. The number of ether oxygens (including phenoxy) is 1. The van der Waals surface area contributed by atoms with Gasteiger partial charge < -0.3 is 4.74 Å². The predicted molar refractivity (Wildman–Crippen MR) is 101 cm³/mol. The molecule has 23 heavy (non-hydrogen) atoms. The van der Waals surface area contributed by atoms with Crippen LogP contribution in [0.2, 0.25) is 0 Å². The Hall–Kier alpha value is -0.790. The summed E-state index contributed by atoms with van der Waals surface area (Å²) in [7, 11) is 1.46. The minimum atomic E-state index is -0.0694. The number of rotatable bonds is 17. The van der Waals surface area contributed by atoms with Gasteiger partial charge in [-0.25, -0.2) is 0 Å². The normalized spacial score (nSPS) is 11.2. The summed E-state index contributed by atoms with van der Waals surface area (Å²) >= 11 is 0. The molecule has 0 atom stereocenters. The van der Waals surface area contributed by atoms with Crippen molar-refractivity contribution in [3.05, 3.63) is 12.2 Å². The maximum atomic E-state index is 10.9. The standard InChI is InChI=1S/C21H40O2/c1-3-4-5-6-7-8-9-10-11-12-13-14-15-16-17-18-19-20-21(22)23-2/h8-9H,3-7,10-20H2,1-2H3/b9-8-. The van der Waals surface area contributed by atoms with Gasteiger partial charge >= 0.3 is 5.97 Å². The highest BCUT2D eigenvalue weighted by atomic mass is 16.5. The number of allylic oxidation sites excluding steroid dienone is 2. The van der Waals surface area contributed by atoms with Gasteiger partial charge in [-0.3, -0.25) is 4.79 Å². The van der Waals surface area contributed by atoms with Crippen molar-refractivity contribution in [3.8, 4) is 0 Å². The molecule has 0 saturated carbocycles. The van der Waals surface area contributed by atoms with E-state index < -0.39 is 0 Å². The molecule has 0 aliphatic rings. The van der Waals surface area contributed by atoms with Crippen molar-refractivity contribution in [2.45, 2.75) is 110 Å². The van der Waals surface area contributed by atoms with Gasteiger partial charge in [0.05, 0.1) is 7.11 Å². The molecule has 0 radical (unpaired) electrons. The maximum Gasteiger partial charge on any atom is 0.305 e. The first-order valence-corrected chi connectivity index (χ1v) is 10.0. The molecule has 0 aromatic carbocycles. The van der Waals surface area contributed by atoms with Gasteiger partial charge in [-0.05, 0) is 32.1 Å². The summed E-state index contributed by atoms with van der Waals surface area (Å²) in [5.74, 6) is -0.0694. The quantitative estimate of drug-likeness (QED) is 0.164. The third-order valence-electron chi connectivity index (χ3n) is 4.37. The molecule has 0 bridgehead atoms. The average molecular weight is 325 g/mol. The van der Waals surface area contributed by atoms with E-state index in [0.29, 0.717) is 6.42 Å². The second-order valence-corrected chi connectivity index (χ2v) is 6.62. The van der Waals surface area contributed by atoms with Crippen LogP contribution < -0.4 is 0 Å². The van der Waals surface area contributed by atoms with Gasteiger partial charge in [-0.1, -0.05) is 83.3 Å². The van der Waals surface area contributed by atoms with Crippen LogP contribution in [-0.2, 0) is 9.53 Å². The summed E-state index contributed by atoms with van der Waals surface area (Å²) in [5, 5.41) is 0. The number of carbonyl (C=O) groups is 1. The van der Waals surface area contributed by atoms with Crippen molar-refractivity contribution in [2.75, 3.05) is 7.11 Å². The zero-order chi connectivity index (χ0) is 17.0. The van der Waals surface area contributed by atoms with Crippen molar-refractivity contribution in [1.82, 2.24) is 0 Å². The molecular formula is C21H40O2. The van der Waals surface area contributed by atoms with E-state index in [1.165, 1.54) is 90.6 Å². The maximum absolute atomic E-state index is 10.9. The Morgan fingerprint density at radius 1 is 0.696 bits per heavy atom. The smallest absolute Gasteiger partial charge is 0.305 e. The number of esters is 1. The molecule has 2 nitrogen and oxygen atoms in total. The predicted octanol–water partition coefficient (Wildman–Crippen LogP) is 6.98. The Morgan fingerprint density at radius 2 is 1.13 bits per heavy atom. The van der Waals surface area contributed by atoms with E-state index in [4.69, 9.17) is 0 Å². The van der Waals surface area contributed by atoms with Gasteiger partial charge in [-0.15, -0.1) is 0 Å². The molecule has 0 aliphatic heterocycles. The number of carbonyl (C=O) groups excluding carboxylic acids is 1. The van der Waals surface area contributed by atoms with Crippen LogP contribution in [0.1, 0.15) is 110 Å². The van der Waals surface area contributed by atoms with E-state index in [2.05, 4.69) is 23.8 Å². The van der Waals surface area contributed by atoms with Gasteiger partial charge in [0.25, 0.3) is 0 Å². The van der Waals surface area contributed by atoms with Gasteiger partial charge in [0, 0.05) is 6.42 Å². The van der Waals surface area contributed by atoms with Crippen LogP contribution >= 0.6 is 0 Å². The van der Waals surface area contributed by atoms with Crippen molar-refractivity contribution >= 4 is 5.97 Å². The average Bonchev–Trinajstić information content (AvgIpc) is 2.57. The van der Waals surface area contributed by atoms with Crippen LogP contribution in [0.5, 0.6) is 0 Å². The van der Waals surface area contributed by atoms with Crippen molar-refractivity contribution in [2.24, 2.45) is 0 Å². The monoisotopic (exact) mass is 324 g/mol. The van der Waals surface area contributed by atoms with Gasteiger partial charge in [0.2, 0.25) is 0 Å². The van der Waals surface area contributed by atoms with Crippen molar-refractivity contribution in [3.63, 3.8) is 0 Å². The third kappa shape index (κ3) is 19.2. The number of methoxy groups -OCH3 is 1. The molecule has 0 unspecified atom stereocenters. The lowest BCUT2D eigenvalue weighted by Gasteiger charge is -2.02. The van der Waals surface area contributed by atoms with Crippen LogP contribution in [0.4, 0.5) is 0 Å². The summed E-state index contributed by atoms with van der Waals surface area (Å²) in [4.78, 5) is 10.9. The molecule has 0 aromatic rings. The zero-order valence-electron chi connectivity index (χ0n) is 15.8. The lowest BCUT2D eigenvalue weighted by molar-refractivity contribution is -0.140. The molecule has 0 heterocycles. The fourth-order valence-electron chi connectivity index (χ4n) is 2.80. The number of unbranched alkanes of at least 4 members (excludes halogenated alkanes) is 13. The molecule has 0 rings (SSSR count). The van der Waals surface area contributed by atoms with Gasteiger partial charge in [0.15, 0.2) is 0 Å². The Kier molecular flexibility index (Phi) is 18.6. The van der Waals surface area contributed by atoms with Crippen LogP contribution in [0.25, 0.3) is 0 Å². The first-order chi connectivity index (χ1) is 11.3.